The molecular weight excluding hydrogens is 270 g/mol. The second-order valence-corrected chi connectivity index (χ2v) is 4.46. The number of benzene rings is 1. The van der Waals surface area contributed by atoms with E-state index in [1.54, 1.807) is 6.07 Å². The highest BCUT2D eigenvalue weighted by Crippen LogP contribution is 2.17. The van der Waals surface area contributed by atoms with Crippen molar-refractivity contribution in [3.8, 4) is 11.3 Å². The van der Waals surface area contributed by atoms with E-state index in [4.69, 9.17) is 4.74 Å². The first-order chi connectivity index (χ1) is 10.2. The summed E-state index contributed by atoms with van der Waals surface area (Å²) in [6.45, 7) is 2.22. The van der Waals surface area contributed by atoms with Crippen molar-refractivity contribution in [1.29, 1.82) is 0 Å². The van der Waals surface area contributed by atoms with Crippen molar-refractivity contribution in [2.45, 2.75) is 13.3 Å². The molecule has 0 aliphatic rings. The van der Waals surface area contributed by atoms with Gasteiger partial charge in [-0.1, -0.05) is 37.3 Å². The minimum atomic E-state index is -0.601. The molecule has 1 heterocycles. The Labute approximate surface area is 122 Å². The fraction of sp³-hybridized carbons (Fsp3) is 0.267. The number of nitrogens with zero attached hydrogens (tertiary/aromatic N) is 1. The molecular formula is C15H17N3O3. The lowest BCUT2D eigenvalue weighted by Crippen LogP contribution is -2.29. The minimum absolute atomic E-state index is 0.220. The topological polar surface area (TPSA) is 84.1 Å². The number of aromatic amines is 1. The van der Waals surface area contributed by atoms with Crippen LogP contribution in [0.2, 0.25) is 0 Å². The molecule has 0 unspecified atom stereocenters. The molecule has 1 amide bonds. The molecule has 2 rings (SSSR count). The van der Waals surface area contributed by atoms with Crippen LogP contribution in [0.1, 0.15) is 23.8 Å². The lowest BCUT2D eigenvalue weighted by Gasteiger charge is -2.03. The Kier molecular flexibility index (Phi) is 5.09. The summed E-state index contributed by atoms with van der Waals surface area (Å²) in [5.74, 6) is -0.913. The van der Waals surface area contributed by atoms with Gasteiger partial charge in [0.05, 0.1) is 5.69 Å². The second-order valence-electron chi connectivity index (χ2n) is 4.46. The molecule has 6 nitrogen and oxygen atoms in total. The van der Waals surface area contributed by atoms with Gasteiger partial charge in [-0.2, -0.15) is 5.10 Å². The Bertz CT molecular complexity index is 608. The number of ether oxygens (including phenoxy) is 1. The molecule has 21 heavy (non-hydrogen) atoms. The average molecular weight is 287 g/mol. The number of carbonyl (C=O) groups excluding carboxylic acids is 2. The van der Waals surface area contributed by atoms with Gasteiger partial charge in [-0.25, -0.2) is 4.79 Å². The van der Waals surface area contributed by atoms with Gasteiger partial charge in [0.1, 0.15) is 5.69 Å². The third-order valence-electron chi connectivity index (χ3n) is 2.77. The third-order valence-corrected chi connectivity index (χ3v) is 2.77. The zero-order chi connectivity index (χ0) is 15.1. The smallest absolute Gasteiger partial charge is 0.356 e. The summed E-state index contributed by atoms with van der Waals surface area (Å²) in [6, 6.07) is 11.1. The van der Waals surface area contributed by atoms with Gasteiger partial charge in [0.25, 0.3) is 5.91 Å². The summed E-state index contributed by atoms with van der Waals surface area (Å²) in [6.07, 6.45) is 0.834. The van der Waals surface area contributed by atoms with Crippen LogP contribution in [0.15, 0.2) is 36.4 Å². The first kappa shape index (κ1) is 14.8. The van der Waals surface area contributed by atoms with Gasteiger partial charge in [0.15, 0.2) is 6.61 Å². The van der Waals surface area contributed by atoms with Gasteiger partial charge in [-0.3, -0.25) is 9.89 Å². The fourth-order valence-electron chi connectivity index (χ4n) is 1.71. The zero-order valence-corrected chi connectivity index (χ0v) is 11.8. The Morgan fingerprint density at radius 1 is 1.29 bits per heavy atom. The van der Waals surface area contributed by atoms with E-state index in [0.29, 0.717) is 12.2 Å². The van der Waals surface area contributed by atoms with Gasteiger partial charge in [0.2, 0.25) is 0 Å². The van der Waals surface area contributed by atoms with Crippen LogP contribution in [-0.2, 0) is 9.53 Å². The fourth-order valence-corrected chi connectivity index (χ4v) is 1.71. The highest BCUT2D eigenvalue weighted by atomic mass is 16.5. The molecule has 1 aromatic carbocycles. The molecule has 0 spiro atoms. The molecule has 1 aromatic heterocycles. The van der Waals surface area contributed by atoms with Crippen LogP contribution in [0.5, 0.6) is 0 Å². The SMILES string of the molecule is CCCNC(=O)COC(=O)c1cc(-c2ccccc2)n[nH]1. The first-order valence-corrected chi connectivity index (χ1v) is 6.75. The van der Waals surface area contributed by atoms with Gasteiger partial charge >= 0.3 is 5.97 Å². The summed E-state index contributed by atoms with van der Waals surface area (Å²) >= 11 is 0. The van der Waals surface area contributed by atoms with Crippen LogP contribution < -0.4 is 5.32 Å². The van der Waals surface area contributed by atoms with E-state index in [1.165, 1.54) is 0 Å². The van der Waals surface area contributed by atoms with Crippen molar-refractivity contribution in [3.63, 3.8) is 0 Å². The maximum Gasteiger partial charge on any atom is 0.356 e. The monoisotopic (exact) mass is 287 g/mol. The van der Waals surface area contributed by atoms with Crippen LogP contribution in [-0.4, -0.2) is 35.2 Å². The van der Waals surface area contributed by atoms with E-state index in [2.05, 4.69) is 15.5 Å². The van der Waals surface area contributed by atoms with Crippen molar-refractivity contribution in [2.75, 3.05) is 13.2 Å². The van der Waals surface area contributed by atoms with Crippen LogP contribution in [0.25, 0.3) is 11.3 Å². The molecule has 110 valence electrons. The average Bonchev–Trinajstić information content (AvgIpc) is 3.01. The van der Waals surface area contributed by atoms with Crippen molar-refractivity contribution in [3.05, 3.63) is 42.1 Å². The maximum absolute atomic E-state index is 11.8. The second kappa shape index (κ2) is 7.23. The summed E-state index contributed by atoms with van der Waals surface area (Å²) < 4.78 is 4.91. The Hall–Kier alpha value is -2.63. The minimum Gasteiger partial charge on any atom is -0.451 e. The summed E-state index contributed by atoms with van der Waals surface area (Å²) in [5, 5.41) is 9.30. The molecule has 2 N–H and O–H groups in total. The summed E-state index contributed by atoms with van der Waals surface area (Å²) in [7, 11) is 0. The van der Waals surface area contributed by atoms with Gasteiger partial charge in [0, 0.05) is 12.1 Å². The molecule has 0 aliphatic heterocycles. The van der Waals surface area contributed by atoms with Gasteiger partial charge < -0.3 is 10.1 Å². The van der Waals surface area contributed by atoms with Gasteiger partial charge in [-0.15, -0.1) is 0 Å². The van der Waals surface area contributed by atoms with Crippen LogP contribution >= 0.6 is 0 Å². The number of rotatable bonds is 6. The van der Waals surface area contributed by atoms with E-state index >= 15 is 0 Å². The maximum atomic E-state index is 11.8. The third kappa shape index (κ3) is 4.17. The summed E-state index contributed by atoms with van der Waals surface area (Å²) in [5.41, 5.74) is 1.77. The van der Waals surface area contributed by atoms with Crippen molar-refractivity contribution >= 4 is 11.9 Å². The Morgan fingerprint density at radius 3 is 2.76 bits per heavy atom. The predicted octanol–water partition coefficient (Wildman–Crippen LogP) is 1.76. The van der Waals surface area contributed by atoms with Crippen LogP contribution in [0, 0.1) is 0 Å². The van der Waals surface area contributed by atoms with E-state index in [0.717, 1.165) is 12.0 Å². The highest BCUT2D eigenvalue weighted by molar-refractivity contribution is 5.90. The molecule has 6 heteroatoms. The predicted molar refractivity (Wildman–Crippen MR) is 77.6 cm³/mol. The summed E-state index contributed by atoms with van der Waals surface area (Å²) in [4.78, 5) is 23.1. The number of amides is 1. The van der Waals surface area contributed by atoms with Crippen molar-refractivity contribution in [1.82, 2.24) is 15.5 Å². The van der Waals surface area contributed by atoms with Crippen molar-refractivity contribution in [2.24, 2.45) is 0 Å². The number of carbonyl (C=O) groups is 2. The Morgan fingerprint density at radius 2 is 2.05 bits per heavy atom. The lowest BCUT2D eigenvalue weighted by molar-refractivity contribution is -0.124. The van der Waals surface area contributed by atoms with E-state index in [-0.39, 0.29) is 18.2 Å². The van der Waals surface area contributed by atoms with Crippen LogP contribution in [0.4, 0.5) is 0 Å². The number of H-pyrrole nitrogens is 1. The molecule has 2 aromatic rings. The molecule has 0 radical (unpaired) electrons. The normalized spacial score (nSPS) is 10.1. The molecule has 0 bridgehead atoms. The quantitative estimate of drug-likeness (QED) is 0.793. The molecule has 0 saturated heterocycles. The van der Waals surface area contributed by atoms with Crippen molar-refractivity contribution < 1.29 is 14.3 Å². The molecule has 0 fully saturated rings. The standard InChI is InChI=1S/C15H17N3O3/c1-2-8-16-14(19)10-21-15(20)13-9-12(17-18-13)11-6-4-3-5-7-11/h3-7,9H,2,8,10H2,1H3,(H,16,19)(H,17,18). The number of hydrogen-bond acceptors (Lipinski definition) is 4. The number of aromatic nitrogens is 2. The number of hydrogen-bond donors (Lipinski definition) is 2. The zero-order valence-electron chi connectivity index (χ0n) is 11.8. The molecule has 0 saturated carbocycles. The van der Waals surface area contributed by atoms with E-state index in [1.807, 2.05) is 37.3 Å². The van der Waals surface area contributed by atoms with Crippen LogP contribution in [0.3, 0.4) is 0 Å². The lowest BCUT2D eigenvalue weighted by atomic mass is 10.1. The van der Waals surface area contributed by atoms with E-state index < -0.39 is 5.97 Å². The number of esters is 1. The van der Waals surface area contributed by atoms with E-state index in [9.17, 15) is 9.59 Å². The highest BCUT2D eigenvalue weighted by Gasteiger charge is 2.13. The molecule has 0 aliphatic carbocycles. The first-order valence-electron chi connectivity index (χ1n) is 6.75. The number of nitrogens with one attached hydrogen (secondary N) is 2. The largest absolute Gasteiger partial charge is 0.451 e. The van der Waals surface area contributed by atoms with Gasteiger partial charge in [-0.05, 0) is 12.5 Å². The Balaban J connectivity index is 1.92. The molecule has 0 atom stereocenters.